The lowest BCUT2D eigenvalue weighted by Gasteiger charge is -2.30. The van der Waals surface area contributed by atoms with E-state index in [-0.39, 0.29) is 13.2 Å². The number of nitrogens with zero attached hydrogens (tertiary/aromatic N) is 2. The quantitative estimate of drug-likeness (QED) is 0.599. The van der Waals surface area contributed by atoms with Gasteiger partial charge in [-0.2, -0.15) is 0 Å². The highest BCUT2D eigenvalue weighted by Gasteiger charge is 2.35. The molecule has 0 unspecified atom stereocenters. The SMILES string of the molecule is CCOC(=O)N1CCN(CC)C(=O)C1=O. The van der Waals surface area contributed by atoms with Gasteiger partial charge in [-0.05, 0) is 13.8 Å². The molecule has 0 aromatic carbocycles. The smallest absolute Gasteiger partial charge is 0.416 e. The number of imide groups is 1. The fourth-order valence-corrected chi connectivity index (χ4v) is 1.35. The molecule has 6 nitrogen and oxygen atoms in total. The zero-order valence-corrected chi connectivity index (χ0v) is 8.86. The van der Waals surface area contributed by atoms with Gasteiger partial charge in [0.05, 0.1) is 13.2 Å². The second-order valence-corrected chi connectivity index (χ2v) is 3.04. The lowest BCUT2D eigenvalue weighted by atomic mass is 10.3. The van der Waals surface area contributed by atoms with Crippen LogP contribution in [0.2, 0.25) is 0 Å². The third-order valence-corrected chi connectivity index (χ3v) is 2.18. The summed E-state index contributed by atoms with van der Waals surface area (Å²) in [6.07, 6.45) is -0.744. The average molecular weight is 214 g/mol. The van der Waals surface area contributed by atoms with E-state index in [2.05, 4.69) is 4.74 Å². The first-order valence-electron chi connectivity index (χ1n) is 4.89. The van der Waals surface area contributed by atoms with Crippen molar-refractivity contribution in [2.24, 2.45) is 0 Å². The summed E-state index contributed by atoms with van der Waals surface area (Å²) in [5, 5.41) is 0. The van der Waals surface area contributed by atoms with E-state index in [1.165, 1.54) is 4.90 Å². The maximum atomic E-state index is 11.4. The molecule has 0 radical (unpaired) electrons. The van der Waals surface area contributed by atoms with Gasteiger partial charge in [-0.3, -0.25) is 9.59 Å². The number of carbonyl (C=O) groups excluding carboxylic acids is 3. The molecule has 0 aromatic rings. The van der Waals surface area contributed by atoms with Crippen LogP contribution >= 0.6 is 0 Å². The Bertz CT molecular complexity index is 290. The lowest BCUT2D eigenvalue weighted by molar-refractivity contribution is -0.154. The Morgan fingerprint density at radius 1 is 1.27 bits per heavy atom. The molecule has 3 amide bonds. The summed E-state index contributed by atoms with van der Waals surface area (Å²) >= 11 is 0. The normalized spacial score (nSPS) is 16.9. The van der Waals surface area contributed by atoms with Crippen LogP contribution in [-0.2, 0) is 14.3 Å². The van der Waals surface area contributed by atoms with Crippen LogP contribution in [0, 0.1) is 0 Å². The maximum absolute atomic E-state index is 11.4. The Morgan fingerprint density at radius 3 is 2.47 bits per heavy atom. The number of likely N-dealkylation sites (N-methyl/N-ethyl adjacent to an activating group) is 1. The van der Waals surface area contributed by atoms with Gasteiger partial charge in [-0.1, -0.05) is 0 Å². The number of hydrogen-bond donors (Lipinski definition) is 0. The summed E-state index contributed by atoms with van der Waals surface area (Å²) in [5.74, 6) is -1.45. The maximum Gasteiger partial charge on any atom is 0.416 e. The minimum Gasteiger partial charge on any atom is -0.449 e. The van der Waals surface area contributed by atoms with Crippen molar-refractivity contribution < 1.29 is 19.1 Å². The van der Waals surface area contributed by atoms with Gasteiger partial charge >= 0.3 is 17.9 Å². The second-order valence-electron chi connectivity index (χ2n) is 3.04. The highest BCUT2D eigenvalue weighted by Crippen LogP contribution is 2.06. The molecule has 0 aromatic heterocycles. The molecule has 1 fully saturated rings. The predicted octanol–water partition coefficient (Wildman–Crippen LogP) is -0.166. The number of amides is 3. The first kappa shape index (κ1) is 11.5. The average Bonchev–Trinajstić information content (AvgIpc) is 2.22. The fraction of sp³-hybridized carbons (Fsp3) is 0.667. The van der Waals surface area contributed by atoms with Gasteiger partial charge in [0.25, 0.3) is 0 Å². The largest absolute Gasteiger partial charge is 0.449 e. The Hall–Kier alpha value is -1.59. The van der Waals surface area contributed by atoms with Gasteiger partial charge in [0.15, 0.2) is 0 Å². The standard InChI is InChI=1S/C9H14N2O4/c1-3-10-5-6-11(8(13)7(10)12)9(14)15-4-2/h3-6H2,1-2H3. The molecule has 0 saturated carbocycles. The van der Waals surface area contributed by atoms with Gasteiger partial charge in [0.2, 0.25) is 0 Å². The molecule has 0 N–H and O–H groups in total. The second kappa shape index (κ2) is 4.77. The van der Waals surface area contributed by atoms with Crippen molar-refractivity contribution in [2.75, 3.05) is 26.2 Å². The minimum absolute atomic E-state index is 0.189. The summed E-state index contributed by atoms with van der Waals surface area (Å²) < 4.78 is 4.66. The van der Waals surface area contributed by atoms with E-state index in [0.29, 0.717) is 13.1 Å². The number of hydrogen-bond acceptors (Lipinski definition) is 4. The summed E-state index contributed by atoms with van der Waals surface area (Å²) in [4.78, 5) is 36.4. The van der Waals surface area contributed by atoms with Crippen LogP contribution in [-0.4, -0.2) is 53.9 Å². The first-order chi connectivity index (χ1) is 7.11. The molecular weight excluding hydrogens is 200 g/mol. The van der Waals surface area contributed by atoms with Crippen LogP contribution in [0.4, 0.5) is 4.79 Å². The van der Waals surface area contributed by atoms with E-state index in [4.69, 9.17) is 0 Å². The Balaban J connectivity index is 2.68. The van der Waals surface area contributed by atoms with E-state index in [9.17, 15) is 14.4 Å². The molecule has 1 heterocycles. The van der Waals surface area contributed by atoms with E-state index >= 15 is 0 Å². The molecule has 0 spiro atoms. The van der Waals surface area contributed by atoms with Crippen molar-refractivity contribution in [3.63, 3.8) is 0 Å². The van der Waals surface area contributed by atoms with E-state index in [0.717, 1.165) is 4.90 Å². The zero-order chi connectivity index (χ0) is 11.4. The summed E-state index contributed by atoms with van der Waals surface area (Å²) in [6, 6.07) is 0. The lowest BCUT2D eigenvalue weighted by Crippen LogP contribution is -2.56. The molecule has 0 bridgehead atoms. The Labute approximate surface area is 87.8 Å². The molecule has 0 aliphatic carbocycles. The van der Waals surface area contributed by atoms with Gasteiger partial charge in [0, 0.05) is 13.1 Å². The van der Waals surface area contributed by atoms with Crippen LogP contribution in [0.15, 0.2) is 0 Å². The van der Waals surface area contributed by atoms with Crippen molar-refractivity contribution in [2.45, 2.75) is 13.8 Å². The molecule has 84 valence electrons. The summed E-state index contributed by atoms with van der Waals surface area (Å²) in [6.45, 7) is 4.67. The number of rotatable bonds is 2. The highest BCUT2D eigenvalue weighted by atomic mass is 16.6. The van der Waals surface area contributed by atoms with Crippen molar-refractivity contribution in [3.8, 4) is 0 Å². The van der Waals surface area contributed by atoms with E-state index in [1.54, 1.807) is 13.8 Å². The van der Waals surface area contributed by atoms with Crippen LogP contribution in [0.25, 0.3) is 0 Å². The fourth-order valence-electron chi connectivity index (χ4n) is 1.35. The number of piperazine rings is 1. The van der Waals surface area contributed by atoms with Gasteiger partial charge in [-0.25, -0.2) is 9.69 Å². The van der Waals surface area contributed by atoms with Crippen LogP contribution in [0.3, 0.4) is 0 Å². The van der Waals surface area contributed by atoms with E-state index in [1.807, 2.05) is 0 Å². The van der Waals surface area contributed by atoms with Gasteiger partial charge in [0.1, 0.15) is 0 Å². The molecule has 1 aliphatic rings. The summed E-state index contributed by atoms with van der Waals surface area (Å²) in [7, 11) is 0. The van der Waals surface area contributed by atoms with E-state index < -0.39 is 17.9 Å². The number of ether oxygens (including phenoxy) is 1. The zero-order valence-electron chi connectivity index (χ0n) is 8.86. The third-order valence-electron chi connectivity index (χ3n) is 2.18. The molecule has 1 aliphatic heterocycles. The topological polar surface area (TPSA) is 66.9 Å². The number of carbonyl (C=O) groups is 3. The van der Waals surface area contributed by atoms with Crippen LogP contribution < -0.4 is 0 Å². The van der Waals surface area contributed by atoms with Crippen molar-refractivity contribution in [1.29, 1.82) is 0 Å². The van der Waals surface area contributed by atoms with Crippen molar-refractivity contribution in [1.82, 2.24) is 9.80 Å². The Kier molecular flexibility index (Phi) is 3.65. The molecular formula is C9H14N2O4. The minimum atomic E-state index is -0.804. The molecule has 15 heavy (non-hydrogen) atoms. The summed E-state index contributed by atoms with van der Waals surface area (Å²) in [5.41, 5.74) is 0. The van der Waals surface area contributed by atoms with Gasteiger partial charge in [-0.15, -0.1) is 0 Å². The van der Waals surface area contributed by atoms with Crippen LogP contribution in [0.1, 0.15) is 13.8 Å². The van der Waals surface area contributed by atoms with Crippen LogP contribution in [0.5, 0.6) is 0 Å². The first-order valence-corrected chi connectivity index (χ1v) is 4.89. The monoisotopic (exact) mass is 214 g/mol. The molecule has 0 atom stereocenters. The molecule has 1 rings (SSSR count). The third kappa shape index (κ3) is 2.26. The molecule has 6 heteroatoms. The van der Waals surface area contributed by atoms with Gasteiger partial charge < -0.3 is 9.64 Å². The van der Waals surface area contributed by atoms with Crippen molar-refractivity contribution >= 4 is 17.9 Å². The molecule has 1 saturated heterocycles. The predicted molar refractivity (Wildman–Crippen MR) is 51.0 cm³/mol. The highest BCUT2D eigenvalue weighted by molar-refractivity contribution is 6.37. The Morgan fingerprint density at radius 2 is 1.93 bits per heavy atom. The van der Waals surface area contributed by atoms with Crippen molar-refractivity contribution in [3.05, 3.63) is 0 Å².